The molecule has 2 N–H and O–H groups in total. The Kier molecular flexibility index (Phi) is 9.66. The first-order chi connectivity index (χ1) is 14.2. The Hall–Kier alpha value is -2.39. The standard InChI is InChI=1S/C23H35N3O3/c1-5-14-29-21-16-19(9-10-20(21)28-4)17-25-22(24-6-2)26-18-23(13-15-27-3)11-7-8-12-23/h1,9-10,16H,6-8,11-15,17-18H2,2-4H3,(H2,24,25,26). The lowest BCUT2D eigenvalue weighted by atomic mass is 9.83. The van der Waals surface area contributed by atoms with Crippen LogP contribution in [0.15, 0.2) is 23.2 Å². The second kappa shape index (κ2) is 12.2. The highest BCUT2D eigenvalue weighted by atomic mass is 16.5. The molecule has 0 amide bonds. The smallest absolute Gasteiger partial charge is 0.191 e. The summed E-state index contributed by atoms with van der Waals surface area (Å²) in [6.07, 6.45) is 11.5. The summed E-state index contributed by atoms with van der Waals surface area (Å²) in [6, 6.07) is 5.81. The van der Waals surface area contributed by atoms with E-state index in [0.717, 1.165) is 37.6 Å². The fraction of sp³-hybridized carbons (Fsp3) is 0.609. The SMILES string of the molecule is C#CCOc1cc(CN=C(NCC)NCC2(CCOC)CCCC2)ccc1OC. The molecule has 1 aliphatic carbocycles. The lowest BCUT2D eigenvalue weighted by molar-refractivity contribution is 0.138. The van der Waals surface area contributed by atoms with Gasteiger partial charge in [-0.2, -0.15) is 0 Å². The minimum atomic E-state index is 0.205. The third-order valence-corrected chi connectivity index (χ3v) is 5.43. The number of hydrogen-bond acceptors (Lipinski definition) is 4. The first-order valence-corrected chi connectivity index (χ1v) is 10.4. The lowest BCUT2D eigenvalue weighted by Gasteiger charge is -2.30. The summed E-state index contributed by atoms with van der Waals surface area (Å²) in [5.74, 6) is 4.62. The highest BCUT2D eigenvalue weighted by Gasteiger charge is 2.33. The summed E-state index contributed by atoms with van der Waals surface area (Å²) in [4.78, 5) is 4.76. The predicted octanol–water partition coefficient (Wildman–Crippen LogP) is 3.36. The van der Waals surface area contributed by atoms with Gasteiger partial charge in [0.05, 0.1) is 13.7 Å². The molecule has 0 radical (unpaired) electrons. The fourth-order valence-electron chi connectivity index (χ4n) is 3.79. The Balaban J connectivity index is 2.03. The normalized spacial score (nSPS) is 15.6. The molecular formula is C23H35N3O3. The number of aliphatic imine (C=N–C) groups is 1. The van der Waals surface area contributed by atoms with Gasteiger partial charge in [0.1, 0.15) is 6.61 Å². The second-order valence-electron chi connectivity index (χ2n) is 7.48. The van der Waals surface area contributed by atoms with Crippen molar-refractivity contribution in [2.45, 2.75) is 45.6 Å². The van der Waals surface area contributed by atoms with Crippen LogP contribution in [0.4, 0.5) is 0 Å². The zero-order valence-corrected chi connectivity index (χ0v) is 18.1. The molecule has 0 heterocycles. The number of hydrogen-bond donors (Lipinski definition) is 2. The van der Waals surface area contributed by atoms with E-state index < -0.39 is 0 Å². The molecule has 2 rings (SSSR count). The number of ether oxygens (including phenoxy) is 3. The van der Waals surface area contributed by atoms with Crippen LogP contribution < -0.4 is 20.1 Å². The summed E-state index contributed by atoms with van der Waals surface area (Å²) in [5, 5.41) is 6.90. The number of methoxy groups -OCH3 is 2. The van der Waals surface area contributed by atoms with Gasteiger partial charge < -0.3 is 24.8 Å². The largest absolute Gasteiger partial charge is 0.493 e. The van der Waals surface area contributed by atoms with Crippen molar-refractivity contribution < 1.29 is 14.2 Å². The van der Waals surface area contributed by atoms with Gasteiger partial charge >= 0.3 is 0 Å². The Labute approximate surface area is 175 Å². The van der Waals surface area contributed by atoms with E-state index >= 15 is 0 Å². The average molecular weight is 402 g/mol. The van der Waals surface area contributed by atoms with E-state index in [1.54, 1.807) is 14.2 Å². The molecule has 0 bridgehead atoms. The molecule has 6 nitrogen and oxygen atoms in total. The Morgan fingerprint density at radius 3 is 2.66 bits per heavy atom. The molecule has 1 aliphatic rings. The van der Waals surface area contributed by atoms with Crippen LogP contribution in [0.1, 0.15) is 44.6 Å². The van der Waals surface area contributed by atoms with Crippen molar-refractivity contribution in [3.63, 3.8) is 0 Å². The van der Waals surface area contributed by atoms with Gasteiger partial charge in [-0.3, -0.25) is 0 Å². The maximum atomic E-state index is 5.59. The molecule has 1 aromatic carbocycles. The second-order valence-corrected chi connectivity index (χ2v) is 7.48. The highest BCUT2D eigenvalue weighted by molar-refractivity contribution is 5.79. The molecule has 0 unspecified atom stereocenters. The van der Waals surface area contributed by atoms with Gasteiger partial charge in [0.15, 0.2) is 17.5 Å². The maximum absolute atomic E-state index is 5.59. The van der Waals surface area contributed by atoms with Crippen LogP contribution in [0.25, 0.3) is 0 Å². The zero-order chi connectivity index (χ0) is 21.0. The number of rotatable bonds is 11. The number of nitrogens with one attached hydrogen (secondary N) is 2. The Morgan fingerprint density at radius 2 is 2.00 bits per heavy atom. The molecule has 1 aromatic rings. The van der Waals surface area contributed by atoms with Crippen LogP contribution in [-0.2, 0) is 11.3 Å². The molecule has 0 aromatic heterocycles. The van der Waals surface area contributed by atoms with E-state index in [0.29, 0.717) is 23.5 Å². The van der Waals surface area contributed by atoms with Crippen LogP contribution in [0, 0.1) is 17.8 Å². The van der Waals surface area contributed by atoms with Gasteiger partial charge in [-0.1, -0.05) is 24.8 Å². The Bertz CT molecular complexity index is 691. The van der Waals surface area contributed by atoms with Gasteiger partial charge in [0, 0.05) is 26.8 Å². The summed E-state index contributed by atoms with van der Waals surface area (Å²) in [6.45, 7) is 5.36. The highest BCUT2D eigenvalue weighted by Crippen LogP contribution is 2.40. The monoisotopic (exact) mass is 401 g/mol. The van der Waals surface area contributed by atoms with Crippen LogP contribution in [0.3, 0.4) is 0 Å². The quantitative estimate of drug-likeness (QED) is 0.338. The minimum absolute atomic E-state index is 0.205. The van der Waals surface area contributed by atoms with Gasteiger partial charge in [-0.15, -0.1) is 6.42 Å². The first-order valence-electron chi connectivity index (χ1n) is 10.4. The summed E-state index contributed by atoms with van der Waals surface area (Å²) < 4.78 is 16.3. The molecule has 6 heteroatoms. The van der Waals surface area contributed by atoms with Crippen LogP contribution in [0.5, 0.6) is 11.5 Å². The number of terminal acetylenes is 1. The molecule has 1 fully saturated rings. The predicted molar refractivity (Wildman–Crippen MR) is 118 cm³/mol. The van der Waals surface area contributed by atoms with Gasteiger partial charge in [0.2, 0.25) is 0 Å². The zero-order valence-electron chi connectivity index (χ0n) is 18.1. The topological polar surface area (TPSA) is 64.1 Å². The first kappa shape index (κ1) is 22.9. The molecule has 160 valence electrons. The van der Waals surface area contributed by atoms with E-state index in [1.165, 1.54) is 25.7 Å². The van der Waals surface area contributed by atoms with Gasteiger partial charge in [-0.25, -0.2) is 4.99 Å². The third kappa shape index (κ3) is 7.17. The van der Waals surface area contributed by atoms with Crippen LogP contribution in [-0.4, -0.2) is 46.5 Å². The molecule has 0 atom stereocenters. The minimum Gasteiger partial charge on any atom is -0.493 e. The molecule has 29 heavy (non-hydrogen) atoms. The van der Waals surface area contributed by atoms with E-state index in [4.69, 9.17) is 25.6 Å². The van der Waals surface area contributed by atoms with Gasteiger partial charge in [0.25, 0.3) is 0 Å². The molecular weight excluding hydrogens is 366 g/mol. The molecule has 0 aliphatic heterocycles. The van der Waals surface area contributed by atoms with Crippen LogP contribution >= 0.6 is 0 Å². The van der Waals surface area contributed by atoms with E-state index in [1.807, 2.05) is 18.2 Å². The molecule has 1 saturated carbocycles. The van der Waals surface area contributed by atoms with Crippen molar-refractivity contribution in [3.8, 4) is 23.8 Å². The summed E-state index contributed by atoms with van der Waals surface area (Å²) >= 11 is 0. The number of benzene rings is 1. The van der Waals surface area contributed by atoms with E-state index in [9.17, 15) is 0 Å². The summed E-state index contributed by atoms with van der Waals surface area (Å²) in [7, 11) is 3.39. The molecule has 0 spiro atoms. The van der Waals surface area contributed by atoms with Gasteiger partial charge in [-0.05, 0) is 49.3 Å². The van der Waals surface area contributed by atoms with Crippen molar-refractivity contribution in [3.05, 3.63) is 23.8 Å². The average Bonchev–Trinajstić information content (AvgIpc) is 3.22. The third-order valence-electron chi connectivity index (χ3n) is 5.43. The number of guanidine groups is 1. The van der Waals surface area contributed by atoms with Crippen molar-refractivity contribution >= 4 is 5.96 Å². The number of nitrogens with zero attached hydrogens (tertiary/aromatic N) is 1. The molecule has 0 saturated heterocycles. The fourth-order valence-corrected chi connectivity index (χ4v) is 3.79. The van der Waals surface area contributed by atoms with Crippen LogP contribution in [0.2, 0.25) is 0 Å². The summed E-state index contributed by atoms with van der Waals surface area (Å²) in [5.41, 5.74) is 1.34. The maximum Gasteiger partial charge on any atom is 0.191 e. The Morgan fingerprint density at radius 1 is 1.21 bits per heavy atom. The van der Waals surface area contributed by atoms with Crippen molar-refractivity contribution in [2.24, 2.45) is 10.4 Å². The van der Waals surface area contributed by atoms with Crippen molar-refractivity contribution in [2.75, 3.05) is 40.5 Å². The van der Waals surface area contributed by atoms with E-state index in [2.05, 4.69) is 23.5 Å². The van der Waals surface area contributed by atoms with Crippen molar-refractivity contribution in [1.82, 2.24) is 10.6 Å². The van der Waals surface area contributed by atoms with Crippen molar-refractivity contribution in [1.29, 1.82) is 0 Å². The van der Waals surface area contributed by atoms with E-state index in [-0.39, 0.29) is 6.61 Å². The lowest BCUT2D eigenvalue weighted by Crippen LogP contribution is -2.43.